The van der Waals surface area contributed by atoms with Gasteiger partial charge in [-0.3, -0.25) is 9.69 Å². The van der Waals surface area contributed by atoms with E-state index in [-0.39, 0.29) is 17.5 Å². The van der Waals surface area contributed by atoms with Crippen molar-refractivity contribution in [2.75, 3.05) is 27.3 Å². The fourth-order valence-corrected chi connectivity index (χ4v) is 4.26. The van der Waals surface area contributed by atoms with E-state index in [1.807, 2.05) is 25.2 Å². The van der Waals surface area contributed by atoms with Crippen LogP contribution in [0, 0.1) is 0 Å². The summed E-state index contributed by atoms with van der Waals surface area (Å²) >= 11 is 0. The smallest absolute Gasteiger partial charge is 0.184 e. The molecular formula is C24H29NO3. The summed E-state index contributed by atoms with van der Waals surface area (Å²) in [6, 6.07) is 16.9. The van der Waals surface area contributed by atoms with Gasteiger partial charge in [-0.15, -0.1) is 0 Å². The second-order valence-corrected chi connectivity index (χ2v) is 7.64. The normalized spacial score (nSPS) is 22.1. The van der Waals surface area contributed by atoms with Crippen LogP contribution in [0.1, 0.15) is 41.6 Å². The molecule has 4 heteroatoms. The number of hydrogen-bond donors (Lipinski definition) is 1. The van der Waals surface area contributed by atoms with E-state index in [1.165, 1.54) is 11.1 Å². The quantitative estimate of drug-likeness (QED) is 0.572. The molecule has 3 rings (SSSR count). The van der Waals surface area contributed by atoms with Crippen LogP contribution < -0.4 is 0 Å². The summed E-state index contributed by atoms with van der Waals surface area (Å²) in [6.45, 7) is 3.36. The third-order valence-electron chi connectivity index (χ3n) is 5.90. The number of methoxy groups -OCH3 is 1. The van der Waals surface area contributed by atoms with Crippen LogP contribution in [-0.2, 0) is 4.74 Å². The molecule has 0 fully saturated rings. The van der Waals surface area contributed by atoms with Crippen molar-refractivity contribution in [1.82, 2.24) is 4.90 Å². The van der Waals surface area contributed by atoms with Gasteiger partial charge in [-0.25, -0.2) is 0 Å². The van der Waals surface area contributed by atoms with Crippen LogP contribution in [-0.4, -0.2) is 48.6 Å². The molecule has 2 aromatic carbocycles. The van der Waals surface area contributed by atoms with Crippen molar-refractivity contribution in [1.29, 1.82) is 0 Å². The number of allylic oxidation sites excluding steroid dienone is 1. The van der Waals surface area contributed by atoms with Crippen molar-refractivity contribution in [2.24, 2.45) is 0 Å². The Hall–Kier alpha value is -2.43. The summed E-state index contributed by atoms with van der Waals surface area (Å²) in [5.41, 5.74) is 2.40. The van der Waals surface area contributed by atoms with E-state index in [0.29, 0.717) is 25.1 Å². The average molecular weight is 380 g/mol. The molecule has 1 aliphatic rings. The van der Waals surface area contributed by atoms with Crippen LogP contribution in [0.5, 0.6) is 5.75 Å². The highest BCUT2D eigenvalue weighted by atomic mass is 16.5. The maximum atomic E-state index is 13.9. The third kappa shape index (κ3) is 3.89. The first-order valence-corrected chi connectivity index (χ1v) is 9.73. The number of likely N-dealkylation sites (N-methyl/N-ethyl adjacent to an activating group) is 1. The molecule has 0 saturated carbocycles. The lowest BCUT2D eigenvalue weighted by atomic mass is 9.66. The van der Waals surface area contributed by atoms with Gasteiger partial charge >= 0.3 is 0 Å². The summed E-state index contributed by atoms with van der Waals surface area (Å²) in [4.78, 5) is 16.1. The Morgan fingerprint density at radius 2 is 1.86 bits per heavy atom. The number of phenols is 1. The molecule has 0 aromatic heterocycles. The molecule has 2 atom stereocenters. The van der Waals surface area contributed by atoms with Gasteiger partial charge in [-0.1, -0.05) is 42.0 Å². The van der Waals surface area contributed by atoms with Crippen LogP contribution in [0.4, 0.5) is 0 Å². The molecule has 0 bridgehead atoms. The number of carbonyl (C=O) groups excluding carboxylic acids is 1. The first-order valence-electron chi connectivity index (χ1n) is 9.73. The van der Waals surface area contributed by atoms with Crippen LogP contribution in [0.3, 0.4) is 0 Å². The molecule has 1 aliphatic carbocycles. The zero-order valence-corrected chi connectivity index (χ0v) is 16.9. The van der Waals surface area contributed by atoms with Gasteiger partial charge in [-0.2, -0.15) is 0 Å². The Labute approximate surface area is 167 Å². The Morgan fingerprint density at radius 3 is 2.50 bits per heavy atom. The number of phenolic OH excluding ortho intramolecular Hbond substituents is 1. The minimum atomic E-state index is -0.698. The zero-order chi connectivity index (χ0) is 20.1. The minimum Gasteiger partial charge on any atom is -0.508 e. The molecule has 148 valence electrons. The van der Waals surface area contributed by atoms with E-state index in [9.17, 15) is 9.90 Å². The van der Waals surface area contributed by atoms with Crippen LogP contribution >= 0.6 is 0 Å². The van der Waals surface area contributed by atoms with Gasteiger partial charge < -0.3 is 9.84 Å². The van der Waals surface area contributed by atoms with Crippen LogP contribution in [0.2, 0.25) is 0 Å². The Bertz CT molecular complexity index is 829. The standard InChI is InChI=1S/C24H29NO3/c1-18-13-14-24(25(2)15-16-28-3,22(17-18)19-7-5-4-6-8-19)23(27)20-9-11-21(26)12-10-20/h4-13,22,26H,14-17H2,1-3H3. The summed E-state index contributed by atoms with van der Waals surface area (Å²) in [5, 5.41) is 9.66. The number of ether oxygens (including phenoxy) is 1. The van der Waals surface area contributed by atoms with Crippen molar-refractivity contribution in [2.45, 2.75) is 31.2 Å². The molecular weight excluding hydrogens is 350 g/mol. The predicted molar refractivity (Wildman–Crippen MR) is 112 cm³/mol. The van der Waals surface area contributed by atoms with Gasteiger partial charge in [0.25, 0.3) is 0 Å². The summed E-state index contributed by atoms with van der Waals surface area (Å²) < 4.78 is 5.31. The maximum Gasteiger partial charge on any atom is 0.184 e. The number of benzene rings is 2. The number of Topliss-reactive ketones (excluding diaryl/α,β-unsaturated/α-hetero) is 1. The van der Waals surface area contributed by atoms with Crippen molar-refractivity contribution >= 4 is 5.78 Å². The number of nitrogens with zero attached hydrogens (tertiary/aromatic N) is 1. The molecule has 0 aliphatic heterocycles. The van der Waals surface area contributed by atoms with Gasteiger partial charge in [0.15, 0.2) is 5.78 Å². The number of rotatable bonds is 7. The number of carbonyl (C=O) groups is 1. The van der Waals surface area contributed by atoms with E-state index < -0.39 is 5.54 Å². The van der Waals surface area contributed by atoms with Gasteiger partial charge in [0.05, 0.1) is 12.1 Å². The van der Waals surface area contributed by atoms with E-state index in [1.54, 1.807) is 31.4 Å². The molecule has 0 heterocycles. The summed E-state index contributed by atoms with van der Waals surface area (Å²) in [5.74, 6) is 0.294. The van der Waals surface area contributed by atoms with Gasteiger partial charge in [0, 0.05) is 25.1 Å². The highest BCUT2D eigenvalue weighted by Gasteiger charge is 2.50. The van der Waals surface area contributed by atoms with Crippen molar-refractivity contribution < 1.29 is 14.6 Å². The second-order valence-electron chi connectivity index (χ2n) is 7.64. The van der Waals surface area contributed by atoms with Crippen molar-refractivity contribution in [3.05, 3.63) is 77.4 Å². The van der Waals surface area contributed by atoms with E-state index in [0.717, 1.165) is 6.42 Å². The summed E-state index contributed by atoms with van der Waals surface area (Å²) in [6.07, 6.45) is 3.69. The first kappa shape index (κ1) is 20.3. The van der Waals surface area contributed by atoms with E-state index in [2.05, 4.69) is 30.0 Å². The van der Waals surface area contributed by atoms with Crippen molar-refractivity contribution in [3.63, 3.8) is 0 Å². The Kier molecular flexibility index (Phi) is 6.32. The molecule has 1 N–H and O–H groups in total. The fraction of sp³-hybridized carbons (Fsp3) is 0.375. The fourth-order valence-electron chi connectivity index (χ4n) is 4.26. The monoisotopic (exact) mass is 379 g/mol. The first-order chi connectivity index (χ1) is 13.5. The molecule has 4 nitrogen and oxygen atoms in total. The Balaban J connectivity index is 2.13. The molecule has 0 amide bonds. The largest absolute Gasteiger partial charge is 0.508 e. The average Bonchev–Trinajstić information content (AvgIpc) is 2.72. The highest BCUT2D eigenvalue weighted by molar-refractivity contribution is 6.04. The number of hydrogen-bond acceptors (Lipinski definition) is 4. The topological polar surface area (TPSA) is 49.8 Å². The molecule has 0 radical (unpaired) electrons. The number of ketones is 1. The van der Waals surface area contributed by atoms with Gasteiger partial charge in [0.2, 0.25) is 0 Å². The zero-order valence-electron chi connectivity index (χ0n) is 16.9. The van der Waals surface area contributed by atoms with E-state index >= 15 is 0 Å². The summed E-state index contributed by atoms with van der Waals surface area (Å²) in [7, 11) is 3.70. The molecule has 2 unspecified atom stereocenters. The highest BCUT2D eigenvalue weighted by Crippen LogP contribution is 2.45. The molecule has 0 spiro atoms. The maximum absolute atomic E-state index is 13.9. The Morgan fingerprint density at radius 1 is 1.18 bits per heavy atom. The van der Waals surface area contributed by atoms with Gasteiger partial charge in [0.1, 0.15) is 5.75 Å². The molecule has 2 aromatic rings. The molecule has 28 heavy (non-hydrogen) atoms. The predicted octanol–water partition coefficient (Wildman–Crippen LogP) is 4.42. The van der Waals surface area contributed by atoms with Crippen LogP contribution in [0.15, 0.2) is 66.2 Å². The number of aromatic hydroxyl groups is 1. The minimum absolute atomic E-state index is 0.0434. The van der Waals surface area contributed by atoms with Gasteiger partial charge in [-0.05, 0) is 56.6 Å². The lowest BCUT2D eigenvalue weighted by molar-refractivity contribution is 0.0408. The lowest BCUT2D eigenvalue weighted by Crippen LogP contribution is -2.58. The van der Waals surface area contributed by atoms with E-state index in [4.69, 9.17) is 4.74 Å². The second kappa shape index (κ2) is 8.72. The van der Waals surface area contributed by atoms with Crippen molar-refractivity contribution in [3.8, 4) is 5.75 Å². The lowest BCUT2D eigenvalue weighted by Gasteiger charge is -2.48. The SMILES string of the molecule is COCCN(C)C1(C(=O)c2ccc(O)cc2)CC=C(C)CC1c1ccccc1. The van der Waals surface area contributed by atoms with Crippen LogP contribution in [0.25, 0.3) is 0 Å². The molecule has 0 saturated heterocycles. The third-order valence-corrected chi connectivity index (χ3v) is 5.90.